The molecule has 0 radical (unpaired) electrons. The van der Waals surface area contributed by atoms with Gasteiger partial charge in [0, 0.05) is 29.7 Å². The number of ether oxygens (including phenoxy) is 1. The van der Waals surface area contributed by atoms with E-state index in [2.05, 4.69) is 48.0 Å². The SMILES string of the molecule is C=N/C(=C\N1CN(CCCCC)C(C)=CC1=C)c1ccc(OC)cc1. The number of rotatable bonds is 8. The number of hydrogen-bond acceptors (Lipinski definition) is 4. The van der Waals surface area contributed by atoms with E-state index in [1.54, 1.807) is 7.11 Å². The van der Waals surface area contributed by atoms with Gasteiger partial charge in [0.25, 0.3) is 0 Å². The largest absolute Gasteiger partial charge is 0.497 e. The molecular formula is C21H29N3O. The van der Waals surface area contributed by atoms with E-state index < -0.39 is 0 Å². The number of benzene rings is 1. The van der Waals surface area contributed by atoms with Gasteiger partial charge >= 0.3 is 0 Å². The Bertz CT molecular complexity index is 658. The Morgan fingerprint density at radius 2 is 2.00 bits per heavy atom. The molecule has 1 aromatic carbocycles. The highest BCUT2D eigenvalue weighted by Gasteiger charge is 2.17. The summed E-state index contributed by atoms with van der Waals surface area (Å²) in [6.45, 7) is 14.1. The monoisotopic (exact) mass is 339 g/mol. The first-order valence-electron chi connectivity index (χ1n) is 8.80. The molecule has 0 unspecified atom stereocenters. The van der Waals surface area contributed by atoms with Crippen molar-refractivity contribution in [2.45, 2.75) is 33.1 Å². The molecule has 0 N–H and O–H groups in total. The van der Waals surface area contributed by atoms with E-state index in [-0.39, 0.29) is 0 Å². The van der Waals surface area contributed by atoms with Crippen molar-refractivity contribution < 1.29 is 4.74 Å². The number of nitrogens with zero attached hydrogens (tertiary/aromatic N) is 3. The van der Waals surface area contributed by atoms with Crippen LogP contribution in [0.3, 0.4) is 0 Å². The number of allylic oxidation sites excluding steroid dienone is 2. The molecule has 25 heavy (non-hydrogen) atoms. The van der Waals surface area contributed by atoms with Crippen molar-refractivity contribution in [3.8, 4) is 5.75 Å². The van der Waals surface area contributed by atoms with Gasteiger partial charge in [0.05, 0.1) is 19.5 Å². The minimum absolute atomic E-state index is 0.792. The van der Waals surface area contributed by atoms with Crippen LogP contribution in [-0.2, 0) is 0 Å². The van der Waals surface area contributed by atoms with E-state index in [4.69, 9.17) is 4.74 Å². The summed E-state index contributed by atoms with van der Waals surface area (Å²) in [5, 5.41) is 0. The van der Waals surface area contributed by atoms with Crippen LogP contribution in [0, 0.1) is 0 Å². The van der Waals surface area contributed by atoms with Crippen LogP contribution in [0.4, 0.5) is 0 Å². The summed E-state index contributed by atoms with van der Waals surface area (Å²) in [7, 11) is 1.66. The number of methoxy groups -OCH3 is 1. The van der Waals surface area contributed by atoms with Crippen LogP contribution in [0.25, 0.3) is 5.70 Å². The smallest absolute Gasteiger partial charge is 0.118 e. The fraction of sp³-hybridized carbons (Fsp3) is 0.381. The molecule has 1 heterocycles. The van der Waals surface area contributed by atoms with Crippen LogP contribution in [0.1, 0.15) is 38.7 Å². The zero-order chi connectivity index (χ0) is 18.2. The highest BCUT2D eigenvalue weighted by Crippen LogP contribution is 2.25. The summed E-state index contributed by atoms with van der Waals surface area (Å²) in [4.78, 5) is 8.73. The first-order valence-corrected chi connectivity index (χ1v) is 8.80. The number of aliphatic imine (C=N–C) groups is 1. The Balaban J connectivity index is 2.17. The average molecular weight is 339 g/mol. The predicted octanol–water partition coefficient (Wildman–Crippen LogP) is 4.88. The van der Waals surface area contributed by atoms with Crippen LogP contribution in [0.15, 0.2) is 59.5 Å². The Labute approximate surface area is 151 Å². The lowest BCUT2D eigenvalue weighted by atomic mass is 10.1. The zero-order valence-corrected chi connectivity index (χ0v) is 15.7. The van der Waals surface area contributed by atoms with Crippen LogP contribution < -0.4 is 4.74 Å². The van der Waals surface area contributed by atoms with Crippen molar-refractivity contribution >= 4 is 12.4 Å². The van der Waals surface area contributed by atoms with Gasteiger partial charge in [-0.05, 0) is 50.4 Å². The van der Waals surface area contributed by atoms with E-state index >= 15 is 0 Å². The second-order valence-corrected chi connectivity index (χ2v) is 6.26. The third kappa shape index (κ3) is 4.99. The average Bonchev–Trinajstić information content (AvgIpc) is 2.63. The first kappa shape index (κ1) is 18.8. The highest BCUT2D eigenvalue weighted by atomic mass is 16.5. The number of hydrogen-bond donors (Lipinski definition) is 0. The zero-order valence-electron chi connectivity index (χ0n) is 15.7. The molecule has 0 bridgehead atoms. The Morgan fingerprint density at radius 3 is 2.60 bits per heavy atom. The molecule has 0 spiro atoms. The molecule has 0 amide bonds. The maximum absolute atomic E-state index is 5.22. The summed E-state index contributed by atoms with van der Waals surface area (Å²) in [5.41, 5.74) is 4.07. The lowest BCUT2D eigenvalue weighted by molar-refractivity contribution is 0.226. The lowest BCUT2D eigenvalue weighted by Crippen LogP contribution is -2.37. The summed E-state index contributed by atoms with van der Waals surface area (Å²) < 4.78 is 5.22. The van der Waals surface area contributed by atoms with Gasteiger partial charge < -0.3 is 14.5 Å². The minimum atomic E-state index is 0.792. The molecular weight excluding hydrogens is 310 g/mol. The molecule has 0 aliphatic carbocycles. The molecule has 1 aliphatic rings. The van der Waals surface area contributed by atoms with Crippen molar-refractivity contribution in [2.75, 3.05) is 20.3 Å². The molecule has 134 valence electrons. The summed E-state index contributed by atoms with van der Waals surface area (Å²) >= 11 is 0. The molecule has 0 saturated heterocycles. The molecule has 0 fully saturated rings. The second kappa shape index (κ2) is 9.11. The Hall–Kier alpha value is -2.49. The van der Waals surface area contributed by atoms with Crippen molar-refractivity contribution in [2.24, 2.45) is 4.99 Å². The highest BCUT2D eigenvalue weighted by molar-refractivity contribution is 5.68. The minimum Gasteiger partial charge on any atom is -0.497 e. The van der Waals surface area contributed by atoms with E-state index in [1.807, 2.05) is 30.5 Å². The Morgan fingerprint density at radius 1 is 1.28 bits per heavy atom. The Kier molecular flexibility index (Phi) is 6.87. The molecule has 1 aliphatic heterocycles. The van der Waals surface area contributed by atoms with Crippen LogP contribution in [0.5, 0.6) is 5.75 Å². The summed E-state index contributed by atoms with van der Waals surface area (Å²) in [6.07, 6.45) is 7.84. The lowest BCUT2D eigenvalue weighted by Gasteiger charge is -2.37. The van der Waals surface area contributed by atoms with Crippen LogP contribution >= 0.6 is 0 Å². The quantitative estimate of drug-likeness (QED) is 0.499. The van der Waals surface area contributed by atoms with Gasteiger partial charge in [0.1, 0.15) is 5.75 Å². The molecule has 4 heteroatoms. The van der Waals surface area contributed by atoms with Crippen LogP contribution in [0.2, 0.25) is 0 Å². The summed E-state index contributed by atoms with van der Waals surface area (Å²) in [6, 6.07) is 7.85. The van der Waals surface area contributed by atoms with E-state index in [9.17, 15) is 0 Å². The topological polar surface area (TPSA) is 28.1 Å². The van der Waals surface area contributed by atoms with Crippen molar-refractivity contribution in [1.82, 2.24) is 9.80 Å². The molecule has 1 aromatic rings. The predicted molar refractivity (Wildman–Crippen MR) is 106 cm³/mol. The first-order chi connectivity index (χ1) is 12.1. The van der Waals surface area contributed by atoms with Gasteiger partial charge in [-0.15, -0.1) is 0 Å². The summed E-state index contributed by atoms with van der Waals surface area (Å²) in [5.74, 6) is 0.829. The fourth-order valence-corrected chi connectivity index (χ4v) is 2.84. The number of unbranched alkanes of at least 4 members (excludes halogenated alkanes) is 2. The molecule has 2 rings (SSSR count). The van der Waals surface area contributed by atoms with Crippen molar-refractivity contribution in [1.29, 1.82) is 0 Å². The maximum Gasteiger partial charge on any atom is 0.118 e. The van der Waals surface area contributed by atoms with Gasteiger partial charge in [-0.25, -0.2) is 0 Å². The van der Waals surface area contributed by atoms with Gasteiger partial charge in [0.15, 0.2) is 0 Å². The third-order valence-corrected chi connectivity index (χ3v) is 4.43. The van der Waals surface area contributed by atoms with E-state index in [0.29, 0.717) is 0 Å². The normalized spacial score (nSPS) is 15.2. The molecule has 4 nitrogen and oxygen atoms in total. The standard InChI is InChI=1S/C21H29N3O/c1-6-7-8-13-23-16-24(18(3)14-17(23)2)15-21(22-4)19-9-11-20(25-5)12-10-19/h9-12,14-15H,3-4,6-8,13,16H2,1-2,5H3/b21-15-. The third-order valence-electron chi connectivity index (χ3n) is 4.43. The maximum atomic E-state index is 5.22. The molecule has 0 atom stereocenters. The van der Waals surface area contributed by atoms with E-state index in [1.165, 1.54) is 25.0 Å². The fourth-order valence-electron chi connectivity index (χ4n) is 2.84. The van der Waals surface area contributed by atoms with Crippen molar-refractivity contribution in [3.63, 3.8) is 0 Å². The second-order valence-electron chi connectivity index (χ2n) is 6.26. The van der Waals surface area contributed by atoms with Gasteiger partial charge in [-0.2, -0.15) is 0 Å². The van der Waals surface area contributed by atoms with Crippen LogP contribution in [-0.4, -0.2) is 36.8 Å². The van der Waals surface area contributed by atoms with E-state index in [0.717, 1.165) is 35.9 Å². The van der Waals surface area contributed by atoms with Gasteiger partial charge in [-0.3, -0.25) is 4.99 Å². The van der Waals surface area contributed by atoms with Gasteiger partial charge in [-0.1, -0.05) is 26.3 Å². The molecule has 0 aromatic heterocycles. The molecule has 0 saturated carbocycles. The van der Waals surface area contributed by atoms with Gasteiger partial charge in [0.2, 0.25) is 0 Å². The van der Waals surface area contributed by atoms with Crippen molar-refractivity contribution in [3.05, 3.63) is 60.1 Å².